The molecule has 0 aliphatic rings. The van der Waals surface area contributed by atoms with E-state index in [2.05, 4.69) is 30.7 Å². The Balaban J connectivity index is 2.61. The van der Waals surface area contributed by atoms with Crippen LogP contribution in [0.4, 0.5) is 5.95 Å². The van der Waals surface area contributed by atoms with Crippen LogP contribution in [0.5, 0.6) is 0 Å². The molecule has 2 aromatic rings. The lowest BCUT2D eigenvalue weighted by Crippen LogP contribution is -2.17. The number of aromatic nitrogens is 3. The zero-order valence-corrected chi connectivity index (χ0v) is 10.3. The van der Waals surface area contributed by atoms with Crippen molar-refractivity contribution in [1.82, 2.24) is 14.5 Å². The minimum Gasteiger partial charge on any atom is -0.369 e. The number of hydrogen-bond donors (Lipinski definition) is 1. The summed E-state index contributed by atoms with van der Waals surface area (Å²) in [4.78, 5) is 8.74. The van der Waals surface area contributed by atoms with Crippen LogP contribution in [0.25, 0.3) is 11.2 Å². The maximum Gasteiger partial charge on any atom is 0.202 e. The van der Waals surface area contributed by atoms with E-state index in [-0.39, 0.29) is 5.41 Å². The zero-order valence-electron chi connectivity index (χ0n) is 10.3. The van der Waals surface area contributed by atoms with Gasteiger partial charge in [0, 0.05) is 12.7 Å². The summed E-state index contributed by atoms with van der Waals surface area (Å²) in [6.45, 7) is 9.37. The van der Waals surface area contributed by atoms with Crippen LogP contribution in [-0.4, -0.2) is 14.5 Å². The van der Waals surface area contributed by atoms with Crippen LogP contribution in [0, 0.1) is 12.3 Å². The molecular weight excluding hydrogens is 200 g/mol. The van der Waals surface area contributed by atoms with Gasteiger partial charge in [-0.05, 0) is 24.0 Å². The summed E-state index contributed by atoms with van der Waals surface area (Å²) in [6, 6.07) is 1.95. The highest BCUT2D eigenvalue weighted by Crippen LogP contribution is 2.24. The lowest BCUT2D eigenvalue weighted by Gasteiger charge is -2.19. The minimum absolute atomic E-state index is 0.160. The van der Waals surface area contributed by atoms with Crippen molar-refractivity contribution >= 4 is 17.1 Å². The number of nitrogens with zero attached hydrogens (tertiary/aromatic N) is 3. The molecule has 0 radical (unpaired) electrons. The number of nitrogen functional groups attached to an aromatic ring is 1. The van der Waals surface area contributed by atoms with Gasteiger partial charge in [0.25, 0.3) is 0 Å². The Labute approximate surface area is 95.5 Å². The van der Waals surface area contributed by atoms with Crippen LogP contribution in [0.1, 0.15) is 26.3 Å². The molecule has 2 rings (SSSR count). The molecule has 0 saturated carbocycles. The molecule has 0 aromatic carbocycles. The number of rotatable bonds is 1. The number of imidazole rings is 1. The van der Waals surface area contributed by atoms with Gasteiger partial charge in [0.2, 0.25) is 5.95 Å². The number of fused-ring (bicyclic) bond motifs is 1. The van der Waals surface area contributed by atoms with Gasteiger partial charge in [0.1, 0.15) is 5.52 Å². The average Bonchev–Trinajstić information content (AvgIpc) is 2.44. The Morgan fingerprint density at radius 2 is 2.06 bits per heavy atom. The van der Waals surface area contributed by atoms with Gasteiger partial charge < -0.3 is 5.73 Å². The average molecular weight is 218 g/mol. The molecule has 4 heteroatoms. The van der Waals surface area contributed by atoms with E-state index in [1.807, 2.05) is 17.6 Å². The van der Waals surface area contributed by atoms with Crippen LogP contribution >= 0.6 is 0 Å². The number of pyridine rings is 1. The highest BCUT2D eigenvalue weighted by Gasteiger charge is 2.17. The zero-order chi connectivity index (χ0) is 11.9. The van der Waals surface area contributed by atoms with Crippen molar-refractivity contribution in [2.24, 2.45) is 5.41 Å². The van der Waals surface area contributed by atoms with E-state index < -0.39 is 0 Å². The first-order valence-corrected chi connectivity index (χ1v) is 5.46. The molecule has 2 heterocycles. The number of hydrogen-bond acceptors (Lipinski definition) is 3. The summed E-state index contributed by atoms with van der Waals surface area (Å²) in [5.41, 5.74) is 9.00. The van der Waals surface area contributed by atoms with Gasteiger partial charge in [-0.1, -0.05) is 20.8 Å². The van der Waals surface area contributed by atoms with Gasteiger partial charge in [-0.25, -0.2) is 9.97 Å². The third-order valence-corrected chi connectivity index (χ3v) is 2.50. The van der Waals surface area contributed by atoms with E-state index in [9.17, 15) is 0 Å². The Kier molecular flexibility index (Phi) is 2.37. The molecule has 0 unspecified atom stereocenters. The first-order valence-electron chi connectivity index (χ1n) is 5.46. The largest absolute Gasteiger partial charge is 0.369 e. The third kappa shape index (κ3) is 1.87. The fourth-order valence-electron chi connectivity index (χ4n) is 1.79. The van der Waals surface area contributed by atoms with E-state index in [1.165, 1.54) is 0 Å². The fourth-order valence-corrected chi connectivity index (χ4v) is 1.79. The molecule has 0 saturated heterocycles. The van der Waals surface area contributed by atoms with Gasteiger partial charge in [0.05, 0.1) is 0 Å². The summed E-state index contributed by atoms with van der Waals surface area (Å²) < 4.78 is 1.99. The third-order valence-electron chi connectivity index (χ3n) is 2.50. The van der Waals surface area contributed by atoms with Crippen molar-refractivity contribution < 1.29 is 0 Å². The smallest absolute Gasteiger partial charge is 0.202 e. The first kappa shape index (κ1) is 10.9. The Morgan fingerprint density at radius 1 is 1.38 bits per heavy atom. The topological polar surface area (TPSA) is 56.7 Å². The Bertz CT molecular complexity index is 520. The first-order chi connectivity index (χ1) is 7.38. The van der Waals surface area contributed by atoms with Gasteiger partial charge in [-0.15, -0.1) is 0 Å². The molecule has 0 aliphatic carbocycles. The molecule has 0 atom stereocenters. The van der Waals surface area contributed by atoms with Crippen molar-refractivity contribution in [2.45, 2.75) is 34.2 Å². The summed E-state index contributed by atoms with van der Waals surface area (Å²) in [7, 11) is 0. The Morgan fingerprint density at radius 3 is 2.69 bits per heavy atom. The van der Waals surface area contributed by atoms with E-state index in [1.54, 1.807) is 6.20 Å². The maximum absolute atomic E-state index is 5.94. The fraction of sp³-hybridized carbons (Fsp3) is 0.500. The standard InChI is InChI=1S/C12H18N4/c1-8-5-6-14-10-9(8)15-11(13)16(10)7-12(2,3)4/h5-6H,7H2,1-4H3,(H2,13,15). The number of aryl methyl sites for hydroxylation is 1. The molecule has 4 nitrogen and oxygen atoms in total. The predicted octanol–water partition coefficient (Wildman–Crippen LogP) is 2.37. The summed E-state index contributed by atoms with van der Waals surface area (Å²) in [5.74, 6) is 0.548. The van der Waals surface area contributed by atoms with Crippen molar-refractivity contribution in [1.29, 1.82) is 0 Å². The lowest BCUT2D eigenvalue weighted by molar-refractivity contribution is 0.350. The van der Waals surface area contributed by atoms with Gasteiger partial charge >= 0.3 is 0 Å². The molecule has 0 amide bonds. The lowest BCUT2D eigenvalue weighted by atomic mass is 9.97. The van der Waals surface area contributed by atoms with Crippen LogP contribution in [-0.2, 0) is 6.54 Å². The van der Waals surface area contributed by atoms with Gasteiger partial charge in [-0.2, -0.15) is 0 Å². The number of nitrogens with two attached hydrogens (primary N) is 1. The maximum atomic E-state index is 5.94. The molecule has 0 spiro atoms. The normalized spacial score (nSPS) is 12.2. The molecule has 86 valence electrons. The van der Waals surface area contributed by atoms with Crippen LogP contribution < -0.4 is 5.73 Å². The van der Waals surface area contributed by atoms with E-state index in [0.29, 0.717) is 5.95 Å². The summed E-state index contributed by atoms with van der Waals surface area (Å²) in [6.07, 6.45) is 1.80. The summed E-state index contributed by atoms with van der Waals surface area (Å²) in [5, 5.41) is 0. The van der Waals surface area contributed by atoms with Crippen molar-refractivity contribution in [2.75, 3.05) is 5.73 Å². The molecule has 0 fully saturated rings. The molecule has 16 heavy (non-hydrogen) atoms. The highest BCUT2D eigenvalue weighted by molar-refractivity contribution is 5.77. The van der Waals surface area contributed by atoms with E-state index in [0.717, 1.165) is 23.3 Å². The van der Waals surface area contributed by atoms with Crippen molar-refractivity contribution in [3.63, 3.8) is 0 Å². The second kappa shape index (κ2) is 3.47. The molecule has 2 N–H and O–H groups in total. The molecular formula is C12H18N4. The second-order valence-electron chi connectivity index (χ2n) is 5.42. The highest BCUT2D eigenvalue weighted by atomic mass is 15.2. The molecule has 0 aliphatic heterocycles. The molecule has 2 aromatic heterocycles. The van der Waals surface area contributed by atoms with Gasteiger partial charge in [0.15, 0.2) is 5.65 Å². The van der Waals surface area contributed by atoms with Crippen LogP contribution in [0.2, 0.25) is 0 Å². The van der Waals surface area contributed by atoms with Crippen molar-refractivity contribution in [3.05, 3.63) is 17.8 Å². The van der Waals surface area contributed by atoms with E-state index >= 15 is 0 Å². The van der Waals surface area contributed by atoms with Gasteiger partial charge in [-0.3, -0.25) is 4.57 Å². The number of anilines is 1. The van der Waals surface area contributed by atoms with E-state index in [4.69, 9.17) is 5.73 Å². The quantitative estimate of drug-likeness (QED) is 0.799. The minimum atomic E-state index is 0.160. The van der Waals surface area contributed by atoms with Crippen LogP contribution in [0.3, 0.4) is 0 Å². The monoisotopic (exact) mass is 218 g/mol. The second-order valence-corrected chi connectivity index (χ2v) is 5.42. The predicted molar refractivity (Wildman–Crippen MR) is 66.1 cm³/mol. The summed E-state index contributed by atoms with van der Waals surface area (Å²) >= 11 is 0. The van der Waals surface area contributed by atoms with Crippen molar-refractivity contribution in [3.8, 4) is 0 Å². The van der Waals surface area contributed by atoms with Crippen LogP contribution in [0.15, 0.2) is 12.3 Å². The molecule has 0 bridgehead atoms. The SMILES string of the molecule is Cc1ccnc2c1nc(N)n2CC(C)(C)C. The Hall–Kier alpha value is -1.58.